The van der Waals surface area contributed by atoms with Gasteiger partial charge in [-0.15, -0.1) is 5.10 Å². The fourth-order valence-electron chi connectivity index (χ4n) is 1.53. The van der Waals surface area contributed by atoms with E-state index in [1.807, 2.05) is 13.8 Å². The number of hydrogen-bond donors (Lipinski definition) is 0. The van der Waals surface area contributed by atoms with Gasteiger partial charge in [-0.2, -0.15) is 4.52 Å². The third-order valence-electron chi connectivity index (χ3n) is 2.79. The minimum atomic E-state index is 0.862. The summed E-state index contributed by atoms with van der Waals surface area (Å²) >= 11 is 0. The van der Waals surface area contributed by atoms with Gasteiger partial charge in [-0.05, 0) is 54.8 Å². The van der Waals surface area contributed by atoms with Crippen molar-refractivity contribution < 1.29 is 0 Å². The Morgan fingerprint density at radius 1 is 0.923 bits per heavy atom. The van der Waals surface area contributed by atoms with Crippen LogP contribution >= 0.6 is 0 Å². The van der Waals surface area contributed by atoms with Crippen molar-refractivity contribution in [1.82, 2.24) is 20.0 Å². The smallest absolute Gasteiger partial charge is 0.182 e. The molecule has 4 heteroatoms. The number of fused-ring (bicyclic) bond motifs is 1. The van der Waals surface area contributed by atoms with Crippen LogP contribution in [0.25, 0.3) is 5.65 Å². The summed E-state index contributed by atoms with van der Waals surface area (Å²) in [6.45, 7) is 8.28. The molecule has 2 aromatic heterocycles. The van der Waals surface area contributed by atoms with Gasteiger partial charge in [-0.25, -0.2) is 0 Å². The largest absolute Gasteiger partial charge is 0.197 e. The van der Waals surface area contributed by atoms with E-state index in [0.29, 0.717) is 0 Å². The molecule has 2 aromatic rings. The van der Waals surface area contributed by atoms with Crippen molar-refractivity contribution in [3.8, 4) is 0 Å². The van der Waals surface area contributed by atoms with Gasteiger partial charge in [0.2, 0.25) is 0 Å². The van der Waals surface area contributed by atoms with Gasteiger partial charge < -0.3 is 0 Å². The molecule has 0 saturated heterocycles. The van der Waals surface area contributed by atoms with Crippen LogP contribution in [0, 0.1) is 27.7 Å². The molecule has 2 rings (SSSR count). The molecular formula is C9H12N4. The number of nitrogens with zero attached hydrogens (tertiary/aromatic N) is 4. The van der Waals surface area contributed by atoms with Crippen molar-refractivity contribution in [3.05, 3.63) is 22.4 Å². The maximum Gasteiger partial charge on any atom is 0.182 e. The molecule has 0 atom stereocenters. The summed E-state index contributed by atoms with van der Waals surface area (Å²) in [6.07, 6.45) is 0. The van der Waals surface area contributed by atoms with Gasteiger partial charge in [0, 0.05) is 5.69 Å². The third-order valence-corrected chi connectivity index (χ3v) is 2.79. The average Bonchev–Trinajstić information content (AvgIpc) is 2.59. The van der Waals surface area contributed by atoms with E-state index < -0.39 is 0 Å². The third kappa shape index (κ3) is 0.946. The molecule has 0 aromatic carbocycles. The van der Waals surface area contributed by atoms with Crippen LogP contribution in [-0.2, 0) is 0 Å². The van der Waals surface area contributed by atoms with E-state index in [-0.39, 0.29) is 0 Å². The Morgan fingerprint density at radius 2 is 1.62 bits per heavy atom. The molecule has 0 fully saturated rings. The minimum Gasteiger partial charge on any atom is -0.197 e. The van der Waals surface area contributed by atoms with E-state index in [0.717, 1.165) is 16.9 Å². The lowest BCUT2D eigenvalue weighted by molar-refractivity contribution is 0.796. The normalized spacial score (nSPS) is 11.1. The van der Waals surface area contributed by atoms with E-state index >= 15 is 0 Å². The molecule has 0 unspecified atom stereocenters. The first-order valence-electron chi connectivity index (χ1n) is 4.27. The molecule has 4 nitrogen and oxygen atoms in total. The highest BCUT2D eigenvalue weighted by atomic mass is 15.5. The molecule has 0 N–H and O–H groups in total. The molecular weight excluding hydrogens is 164 g/mol. The van der Waals surface area contributed by atoms with Crippen molar-refractivity contribution in [2.75, 3.05) is 0 Å². The van der Waals surface area contributed by atoms with Gasteiger partial charge in [-0.3, -0.25) is 0 Å². The van der Waals surface area contributed by atoms with Crippen LogP contribution in [0.15, 0.2) is 0 Å². The Kier molecular flexibility index (Phi) is 1.58. The van der Waals surface area contributed by atoms with Gasteiger partial charge in [0.25, 0.3) is 0 Å². The Balaban J connectivity index is 3.02. The molecule has 2 heterocycles. The van der Waals surface area contributed by atoms with Gasteiger partial charge in [0.15, 0.2) is 5.65 Å². The number of aromatic nitrogens is 4. The van der Waals surface area contributed by atoms with Crippen molar-refractivity contribution in [3.63, 3.8) is 0 Å². The van der Waals surface area contributed by atoms with Gasteiger partial charge in [0.1, 0.15) is 0 Å². The van der Waals surface area contributed by atoms with Crippen LogP contribution in [0.3, 0.4) is 0 Å². The first kappa shape index (κ1) is 8.16. The molecule has 0 saturated carbocycles. The van der Waals surface area contributed by atoms with Crippen molar-refractivity contribution in [2.45, 2.75) is 27.7 Å². The Labute approximate surface area is 76.6 Å². The first-order valence-corrected chi connectivity index (χ1v) is 4.27. The molecule has 0 bridgehead atoms. The highest BCUT2D eigenvalue weighted by molar-refractivity contribution is 5.53. The highest BCUT2D eigenvalue weighted by Gasteiger charge is 2.10. The van der Waals surface area contributed by atoms with Crippen LogP contribution in [0.4, 0.5) is 0 Å². The number of aryl methyl sites for hydroxylation is 2. The number of rotatable bonds is 0. The lowest BCUT2D eigenvalue weighted by atomic mass is 10.0. The van der Waals surface area contributed by atoms with Crippen molar-refractivity contribution in [1.29, 1.82) is 0 Å². The van der Waals surface area contributed by atoms with E-state index in [9.17, 15) is 0 Å². The second kappa shape index (κ2) is 2.52. The van der Waals surface area contributed by atoms with Crippen LogP contribution in [0.2, 0.25) is 0 Å². The van der Waals surface area contributed by atoms with E-state index in [1.54, 1.807) is 4.52 Å². The zero-order valence-electron chi connectivity index (χ0n) is 8.29. The summed E-state index contributed by atoms with van der Waals surface area (Å²) in [5, 5.41) is 11.6. The predicted molar refractivity (Wildman–Crippen MR) is 49.7 cm³/mol. The van der Waals surface area contributed by atoms with Crippen LogP contribution in [0.1, 0.15) is 22.4 Å². The monoisotopic (exact) mass is 176 g/mol. The summed E-state index contributed by atoms with van der Waals surface area (Å²) in [5.41, 5.74) is 5.67. The quantitative estimate of drug-likeness (QED) is 0.608. The molecule has 0 spiro atoms. The van der Waals surface area contributed by atoms with Gasteiger partial charge in [-0.1, -0.05) is 0 Å². The predicted octanol–water partition coefficient (Wildman–Crippen LogP) is 1.36. The Bertz CT molecular complexity index is 428. The highest BCUT2D eigenvalue weighted by Crippen LogP contribution is 2.18. The number of hydrogen-bond acceptors (Lipinski definition) is 3. The summed E-state index contributed by atoms with van der Waals surface area (Å²) < 4.78 is 1.79. The van der Waals surface area contributed by atoms with Crippen molar-refractivity contribution in [2.24, 2.45) is 0 Å². The second-order valence-electron chi connectivity index (χ2n) is 3.37. The fraction of sp³-hybridized carbons (Fsp3) is 0.444. The molecule has 0 aliphatic rings. The molecule has 0 amide bonds. The summed E-state index contributed by atoms with van der Waals surface area (Å²) in [7, 11) is 0. The summed E-state index contributed by atoms with van der Waals surface area (Å²) in [4.78, 5) is 0. The molecule has 0 aliphatic heterocycles. The first-order chi connectivity index (χ1) is 6.13. The maximum absolute atomic E-state index is 3.98. The zero-order chi connectivity index (χ0) is 9.59. The second-order valence-corrected chi connectivity index (χ2v) is 3.37. The fourth-order valence-corrected chi connectivity index (χ4v) is 1.53. The van der Waals surface area contributed by atoms with Crippen molar-refractivity contribution >= 4 is 5.65 Å². The molecule has 68 valence electrons. The maximum atomic E-state index is 3.98. The van der Waals surface area contributed by atoms with Crippen LogP contribution < -0.4 is 0 Å². The van der Waals surface area contributed by atoms with Crippen LogP contribution in [-0.4, -0.2) is 20.0 Å². The topological polar surface area (TPSA) is 43.1 Å². The van der Waals surface area contributed by atoms with E-state index in [2.05, 4.69) is 29.4 Å². The molecule has 13 heavy (non-hydrogen) atoms. The SMILES string of the molecule is Cc1c(C)c(C)n2nnnc2c1C. The van der Waals surface area contributed by atoms with Crippen LogP contribution in [0.5, 0.6) is 0 Å². The Hall–Kier alpha value is -1.45. The minimum absolute atomic E-state index is 0.862. The Morgan fingerprint density at radius 3 is 2.31 bits per heavy atom. The van der Waals surface area contributed by atoms with Gasteiger partial charge >= 0.3 is 0 Å². The van der Waals surface area contributed by atoms with E-state index in [1.165, 1.54) is 11.1 Å². The lowest BCUT2D eigenvalue weighted by Gasteiger charge is -2.08. The summed E-state index contributed by atoms with van der Waals surface area (Å²) in [6, 6.07) is 0. The molecule has 0 aliphatic carbocycles. The lowest BCUT2D eigenvalue weighted by Crippen LogP contribution is -2.02. The van der Waals surface area contributed by atoms with Gasteiger partial charge in [0.05, 0.1) is 0 Å². The number of tetrazole rings is 1. The average molecular weight is 176 g/mol. The number of pyridine rings is 1. The van der Waals surface area contributed by atoms with E-state index in [4.69, 9.17) is 0 Å². The molecule has 0 radical (unpaired) electrons. The summed E-state index contributed by atoms with van der Waals surface area (Å²) in [5.74, 6) is 0. The standard InChI is InChI=1S/C9H12N4/c1-5-6(2)8(4)13-9(7(5)3)10-11-12-13/h1-4H3. The zero-order valence-corrected chi connectivity index (χ0v) is 8.29.